The number of β-amino-alcohol motifs (C(OH)–C–C–N with tert-alkyl or cyclic N) is 1. The number of para-hydroxylation sites is 1. The maximum absolute atomic E-state index is 12.2. The van der Waals surface area contributed by atoms with E-state index in [0.29, 0.717) is 6.54 Å². The van der Waals surface area contributed by atoms with E-state index in [-0.39, 0.29) is 12.0 Å². The van der Waals surface area contributed by atoms with Gasteiger partial charge in [-0.25, -0.2) is 0 Å². The minimum absolute atomic E-state index is 0.0944. The number of rotatable bonds is 5. The molecule has 0 bridgehead atoms. The van der Waals surface area contributed by atoms with Crippen LogP contribution in [0, 0.1) is 0 Å². The van der Waals surface area contributed by atoms with Gasteiger partial charge in [0.1, 0.15) is 5.82 Å². The number of benzene rings is 2. The van der Waals surface area contributed by atoms with Gasteiger partial charge in [0.15, 0.2) is 6.29 Å². The summed E-state index contributed by atoms with van der Waals surface area (Å²) in [7, 11) is 0. The molecule has 1 aliphatic rings. The fourth-order valence-electron chi connectivity index (χ4n) is 4.38. The maximum atomic E-state index is 12.2. The summed E-state index contributed by atoms with van der Waals surface area (Å²) in [6.07, 6.45) is 0.998. The van der Waals surface area contributed by atoms with Crippen LogP contribution in [0.3, 0.4) is 0 Å². The monoisotopic (exact) mass is 405 g/mol. The van der Waals surface area contributed by atoms with Crippen LogP contribution >= 0.6 is 0 Å². The summed E-state index contributed by atoms with van der Waals surface area (Å²) in [4.78, 5) is 16.8. The highest BCUT2D eigenvalue weighted by Gasteiger charge is 2.26. The topological polar surface area (TPSA) is 48.7 Å². The predicted octanol–water partition coefficient (Wildman–Crippen LogP) is 3.85. The van der Waals surface area contributed by atoms with Crippen LogP contribution in [0.4, 0.5) is 5.82 Å². The van der Waals surface area contributed by atoms with Gasteiger partial charge in [-0.2, -0.15) is 0 Å². The minimum Gasteiger partial charge on any atom is -0.395 e. The number of aliphatic hydroxyl groups excluding tert-OH is 1. The fourth-order valence-corrected chi connectivity index (χ4v) is 4.38. The molecule has 1 fully saturated rings. The highest BCUT2D eigenvalue weighted by molar-refractivity contribution is 6.05. The lowest BCUT2D eigenvalue weighted by atomic mass is 9.87. The fraction of sp³-hybridized carbons (Fsp3) is 0.400. The molecule has 0 atom stereocenters. The average Bonchev–Trinajstić information content (AvgIpc) is 3.08. The normalized spacial score (nSPS) is 15.7. The number of carbonyl (C=O) groups is 1. The van der Waals surface area contributed by atoms with Crippen molar-refractivity contribution in [3.05, 3.63) is 59.7 Å². The lowest BCUT2D eigenvalue weighted by Crippen LogP contribution is -2.48. The van der Waals surface area contributed by atoms with E-state index in [0.717, 1.165) is 60.4 Å². The molecule has 1 N–H and O–H groups in total. The standard InChI is InChI=1S/C25H31N3O2/c1-25(2,3)19-8-10-20(11-9-19)28-23-7-5-4-6-21(23)22(18-30)24(28)27-14-12-26(13-15-27)16-17-29/h4-11,18,29H,12-17H2,1-3H3. The SMILES string of the molecule is CC(C)(C)c1ccc(-n2c(N3CCN(CCO)CC3)c(C=O)c3ccccc32)cc1. The van der Waals surface area contributed by atoms with Gasteiger partial charge in [-0.05, 0) is 29.2 Å². The van der Waals surface area contributed by atoms with Gasteiger partial charge in [0.2, 0.25) is 0 Å². The molecule has 0 amide bonds. The Morgan fingerprint density at radius 3 is 2.23 bits per heavy atom. The largest absolute Gasteiger partial charge is 0.395 e. The van der Waals surface area contributed by atoms with Gasteiger partial charge in [-0.1, -0.05) is 51.1 Å². The molecule has 2 heterocycles. The second-order valence-electron chi connectivity index (χ2n) is 9.06. The van der Waals surface area contributed by atoms with Crippen LogP contribution < -0.4 is 4.90 Å². The summed E-state index contributed by atoms with van der Waals surface area (Å²) in [5, 5.41) is 10.2. The summed E-state index contributed by atoms with van der Waals surface area (Å²) in [6, 6.07) is 16.8. The molecule has 2 aromatic carbocycles. The van der Waals surface area contributed by atoms with Crippen LogP contribution in [0.25, 0.3) is 16.6 Å². The number of piperazine rings is 1. The van der Waals surface area contributed by atoms with Gasteiger partial charge in [0.05, 0.1) is 17.7 Å². The van der Waals surface area contributed by atoms with Gasteiger partial charge in [-0.15, -0.1) is 0 Å². The van der Waals surface area contributed by atoms with Crippen molar-refractivity contribution >= 4 is 23.0 Å². The van der Waals surface area contributed by atoms with E-state index in [1.165, 1.54) is 5.56 Å². The number of aliphatic hydroxyl groups is 1. The molecule has 30 heavy (non-hydrogen) atoms. The zero-order valence-corrected chi connectivity index (χ0v) is 18.1. The molecule has 0 unspecified atom stereocenters. The Morgan fingerprint density at radius 2 is 1.63 bits per heavy atom. The van der Waals surface area contributed by atoms with Crippen molar-refractivity contribution in [1.29, 1.82) is 0 Å². The van der Waals surface area contributed by atoms with Crippen molar-refractivity contribution < 1.29 is 9.90 Å². The lowest BCUT2D eigenvalue weighted by molar-refractivity contribution is 0.112. The molecule has 5 nitrogen and oxygen atoms in total. The molecule has 5 heteroatoms. The Morgan fingerprint density at radius 1 is 0.967 bits per heavy atom. The highest BCUT2D eigenvalue weighted by Crippen LogP contribution is 2.36. The van der Waals surface area contributed by atoms with E-state index in [1.807, 2.05) is 18.2 Å². The van der Waals surface area contributed by atoms with Crippen molar-refractivity contribution in [2.45, 2.75) is 26.2 Å². The summed E-state index contributed by atoms with van der Waals surface area (Å²) < 4.78 is 2.23. The zero-order valence-electron chi connectivity index (χ0n) is 18.1. The number of fused-ring (bicyclic) bond motifs is 1. The minimum atomic E-state index is 0.0944. The molecule has 1 aliphatic heterocycles. The summed E-state index contributed by atoms with van der Waals surface area (Å²) in [5.74, 6) is 0.971. The first-order valence-corrected chi connectivity index (χ1v) is 10.7. The van der Waals surface area contributed by atoms with E-state index < -0.39 is 0 Å². The Hall–Kier alpha value is -2.63. The van der Waals surface area contributed by atoms with E-state index in [4.69, 9.17) is 0 Å². The average molecular weight is 406 g/mol. The van der Waals surface area contributed by atoms with Crippen molar-refractivity contribution in [2.75, 3.05) is 44.2 Å². The van der Waals surface area contributed by atoms with Crippen LogP contribution in [-0.2, 0) is 5.41 Å². The number of aromatic nitrogens is 1. The number of carbonyl (C=O) groups excluding carboxylic acids is 1. The predicted molar refractivity (Wildman–Crippen MR) is 123 cm³/mol. The Bertz CT molecular complexity index is 1020. The third kappa shape index (κ3) is 3.75. The quantitative estimate of drug-likeness (QED) is 0.655. The molecule has 0 saturated carbocycles. The second kappa shape index (κ2) is 8.25. The van der Waals surface area contributed by atoms with Crippen LogP contribution in [0.15, 0.2) is 48.5 Å². The van der Waals surface area contributed by atoms with Gasteiger partial charge in [-0.3, -0.25) is 14.3 Å². The summed E-state index contributed by atoms with van der Waals surface area (Å²) in [6.45, 7) is 10.9. The zero-order chi connectivity index (χ0) is 21.3. The third-order valence-corrected chi connectivity index (χ3v) is 6.09. The molecule has 4 rings (SSSR count). The molecule has 3 aromatic rings. The Balaban J connectivity index is 1.83. The molecule has 0 spiro atoms. The molecular formula is C25H31N3O2. The molecule has 1 aromatic heterocycles. The first kappa shape index (κ1) is 20.6. The van der Waals surface area contributed by atoms with Crippen LogP contribution in [0.5, 0.6) is 0 Å². The number of anilines is 1. The number of nitrogens with zero attached hydrogens (tertiary/aromatic N) is 3. The van der Waals surface area contributed by atoms with E-state index in [1.54, 1.807) is 0 Å². The van der Waals surface area contributed by atoms with Gasteiger partial charge >= 0.3 is 0 Å². The summed E-state index contributed by atoms with van der Waals surface area (Å²) in [5.41, 5.74) is 4.26. The van der Waals surface area contributed by atoms with Gasteiger partial charge < -0.3 is 10.0 Å². The molecule has 0 radical (unpaired) electrons. The number of aldehydes is 1. The van der Waals surface area contributed by atoms with Crippen molar-refractivity contribution in [3.8, 4) is 5.69 Å². The van der Waals surface area contributed by atoms with Gasteiger partial charge in [0.25, 0.3) is 0 Å². The van der Waals surface area contributed by atoms with Crippen molar-refractivity contribution in [2.24, 2.45) is 0 Å². The maximum Gasteiger partial charge on any atom is 0.154 e. The smallest absolute Gasteiger partial charge is 0.154 e. The molecule has 158 valence electrons. The summed E-state index contributed by atoms with van der Waals surface area (Å²) >= 11 is 0. The second-order valence-corrected chi connectivity index (χ2v) is 9.06. The third-order valence-electron chi connectivity index (χ3n) is 6.09. The van der Waals surface area contributed by atoms with Gasteiger partial charge in [0, 0.05) is 43.8 Å². The van der Waals surface area contributed by atoms with E-state index in [9.17, 15) is 9.90 Å². The first-order valence-electron chi connectivity index (χ1n) is 10.7. The molecular weight excluding hydrogens is 374 g/mol. The van der Waals surface area contributed by atoms with E-state index in [2.05, 4.69) is 65.5 Å². The van der Waals surface area contributed by atoms with Crippen LogP contribution in [0.2, 0.25) is 0 Å². The van der Waals surface area contributed by atoms with Crippen LogP contribution in [0.1, 0.15) is 36.7 Å². The van der Waals surface area contributed by atoms with E-state index >= 15 is 0 Å². The molecule has 1 saturated heterocycles. The highest BCUT2D eigenvalue weighted by atomic mass is 16.3. The van der Waals surface area contributed by atoms with Crippen molar-refractivity contribution in [1.82, 2.24) is 9.47 Å². The lowest BCUT2D eigenvalue weighted by Gasteiger charge is -2.36. The van der Waals surface area contributed by atoms with Crippen molar-refractivity contribution in [3.63, 3.8) is 0 Å². The Labute approximate surface area is 178 Å². The number of hydrogen-bond acceptors (Lipinski definition) is 4. The van der Waals surface area contributed by atoms with Crippen LogP contribution in [-0.4, -0.2) is 60.2 Å². The number of hydrogen-bond donors (Lipinski definition) is 1. The molecule has 0 aliphatic carbocycles. The first-order chi connectivity index (χ1) is 14.4. The Kier molecular flexibility index (Phi) is 5.67.